The van der Waals surface area contributed by atoms with Gasteiger partial charge in [-0.25, -0.2) is 8.78 Å². The Morgan fingerprint density at radius 1 is 0.765 bits per heavy atom. The van der Waals surface area contributed by atoms with Crippen LogP contribution in [0.1, 0.15) is 11.1 Å². The molecular weight excluding hydrogens is 222 g/mol. The third kappa shape index (κ3) is 3.05. The molecule has 0 unspecified atom stereocenters. The Morgan fingerprint density at radius 2 is 1.29 bits per heavy atom. The van der Waals surface area contributed by atoms with Crippen LogP contribution < -0.4 is 0 Å². The van der Waals surface area contributed by atoms with E-state index in [4.69, 9.17) is 5.11 Å². The summed E-state index contributed by atoms with van der Waals surface area (Å²) < 4.78 is 25.7. The van der Waals surface area contributed by atoms with E-state index < -0.39 is 11.6 Å². The van der Waals surface area contributed by atoms with E-state index in [0.717, 1.165) is 18.2 Å². The number of halogens is 2. The second-order valence-electron chi connectivity index (χ2n) is 3.45. The summed E-state index contributed by atoms with van der Waals surface area (Å²) in [6.07, 6.45) is 0. The van der Waals surface area contributed by atoms with Crippen LogP contribution >= 0.6 is 0 Å². The smallest absolute Gasteiger partial charge is 0.127 e. The van der Waals surface area contributed by atoms with Crippen molar-refractivity contribution >= 4 is 0 Å². The van der Waals surface area contributed by atoms with Crippen molar-refractivity contribution in [3.63, 3.8) is 0 Å². The zero-order valence-corrected chi connectivity index (χ0v) is 8.74. The molecule has 2 rings (SSSR count). The standard InChI is InChI=1S/C14H8F2O/c15-12-7-11(8-13(16)9-12)2-1-10-3-5-14(17)6-4-10/h3-9,17H. The summed E-state index contributed by atoms with van der Waals surface area (Å²) in [5, 5.41) is 9.07. The van der Waals surface area contributed by atoms with Crippen molar-refractivity contribution in [3.8, 4) is 17.6 Å². The van der Waals surface area contributed by atoms with Crippen LogP contribution in [0.3, 0.4) is 0 Å². The van der Waals surface area contributed by atoms with E-state index in [1.807, 2.05) is 0 Å². The van der Waals surface area contributed by atoms with Gasteiger partial charge in [0.2, 0.25) is 0 Å². The lowest BCUT2D eigenvalue weighted by Gasteiger charge is -1.93. The van der Waals surface area contributed by atoms with Crippen LogP contribution in [-0.2, 0) is 0 Å². The van der Waals surface area contributed by atoms with Gasteiger partial charge in [-0.15, -0.1) is 0 Å². The SMILES string of the molecule is Oc1ccc(C#Cc2cc(F)cc(F)c2)cc1. The number of rotatable bonds is 0. The topological polar surface area (TPSA) is 20.2 Å². The molecule has 0 heterocycles. The number of benzene rings is 2. The fourth-order valence-corrected chi connectivity index (χ4v) is 1.32. The van der Waals surface area contributed by atoms with Gasteiger partial charge < -0.3 is 5.11 Å². The van der Waals surface area contributed by atoms with Gasteiger partial charge in [-0.05, 0) is 36.4 Å². The summed E-state index contributed by atoms with van der Waals surface area (Å²) >= 11 is 0. The second-order valence-corrected chi connectivity index (χ2v) is 3.45. The molecule has 1 N–H and O–H groups in total. The summed E-state index contributed by atoms with van der Waals surface area (Å²) in [4.78, 5) is 0. The van der Waals surface area contributed by atoms with Crippen LogP contribution in [0.5, 0.6) is 5.75 Å². The van der Waals surface area contributed by atoms with E-state index in [1.54, 1.807) is 12.1 Å². The molecule has 0 bridgehead atoms. The Kier molecular flexibility index (Phi) is 3.06. The Labute approximate surface area is 97.3 Å². The van der Waals surface area contributed by atoms with Gasteiger partial charge in [-0.2, -0.15) is 0 Å². The average molecular weight is 230 g/mol. The molecule has 0 fully saturated rings. The van der Waals surface area contributed by atoms with Crippen LogP contribution in [0, 0.1) is 23.5 Å². The molecule has 0 amide bonds. The summed E-state index contributed by atoms with van der Waals surface area (Å²) in [5.74, 6) is 4.24. The Hall–Kier alpha value is -2.34. The van der Waals surface area contributed by atoms with Crippen LogP contribution in [0.15, 0.2) is 42.5 Å². The number of phenolic OH excluding ortho intramolecular Hbond substituents is 1. The third-order valence-corrected chi connectivity index (χ3v) is 2.08. The van der Waals surface area contributed by atoms with Crippen molar-refractivity contribution < 1.29 is 13.9 Å². The van der Waals surface area contributed by atoms with Crippen molar-refractivity contribution in [2.75, 3.05) is 0 Å². The molecule has 84 valence electrons. The third-order valence-electron chi connectivity index (χ3n) is 2.08. The van der Waals surface area contributed by atoms with Gasteiger partial charge in [-0.3, -0.25) is 0 Å². The fraction of sp³-hybridized carbons (Fsp3) is 0. The van der Waals surface area contributed by atoms with Gasteiger partial charge in [0.15, 0.2) is 0 Å². The van der Waals surface area contributed by atoms with Crippen molar-refractivity contribution in [2.24, 2.45) is 0 Å². The first kappa shape index (κ1) is 11.2. The van der Waals surface area contributed by atoms with Gasteiger partial charge in [0.1, 0.15) is 17.4 Å². The first-order valence-electron chi connectivity index (χ1n) is 4.90. The lowest BCUT2D eigenvalue weighted by Crippen LogP contribution is -1.83. The van der Waals surface area contributed by atoms with Crippen molar-refractivity contribution in [3.05, 3.63) is 65.2 Å². The summed E-state index contributed by atoms with van der Waals surface area (Å²) in [6.45, 7) is 0. The van der Waals surface area contributed by atoms with Crippen molar-refractivity contribution in [1.82, 2.24) is 0 Å². The molecule has 17 heavy (non-hydrogen) atoms. The maximum atomic E-state index is 12.9. The van der Waals surface area contributed by atoms with Crippen LogP contribution in [0.2, 0.25) is 0 Å². The summed E-state index contributed by atoms with van der Waals surface area (Å²) in [6, 6.07) is 9.36. The fourth-order valence-electron chi connectivity index (χ4n) is 1.32. The lowest BCUT2D eigenvalue weighted by atomic mass is 10.1. The van der Waals surface area contributed by atoms with E-state index in [-0.39, 0.29) is 11.3 Å². The molecule has 0 aliphatic rings. The highest BCUT2D eigenvalue weighted by Gasteiger charge is 1.97. The predicted octanol–water partition coefficient (Wildman–Crippen LogP) is 3.07. The molecule has 0 aliphatic heterocycles. The van der Waals surface area contributed by atoms with Gasteiger partial charge >= 0.3 is 0 Å². The molecular formula is C14H8F2O. The zero-order valence-electron chi connectivity index (χ0n) is 8.74. The molecule has 2 aromatic carbocycles. The van der Waals surface area contributed by atoms with Crippen LogP contribution in [-0.4, -0.2) is 5.11 Å². The molecule has 0 aromatic heterocycles. The minimum Gasteiger partial charge on any atom is -0.508 e. The second kappa shape index (κ2) is 4.67. The highest BCUT2D eigenvalue weighted by Crippen LogP contribution is 2.09. The molecule has 2 aromatic rings. The highest BCUT2D eigenvalue weighted by atomic mass is 19.1. The van der Waals surface area contributed by atoms with Crippen molar-refractivity contribution in [2.45, 2.75) is 0 Å². The Balaban J connectivity index is 2.29. The first-order valence-corrected chi connectivity index (χ1v) is 4.90. The summed E-state index contributed by atoms with van der Waals surface area (Å²) in [5.41, 5.74) is 0.933. The highest BCUT2D eigenvalue weighted by molar-refractivity contribution is 5.44. The average Bonchev–Trinajstić information content (AvgIpc) is 2.27. The number of hydrogen-bond acceptors (Lipinski definition) is 1. The van der Waals surface area contributed by atoms with Crippen LogP contribution in [0.4, 0.5) is 8.78 Å². The largest absolute Gasteiger partial charge is 0.508 e. The number of hydrogen-bond donors (Lipinski definition) is 1. The molecule has 0 saturated carbocycles. The minimum atomic E-state index is -0.653. The summed E-state index contributed by atoms with van der Waals surface area (Å²) in [7, 11) is 0. The Morgan fingerprint density at radius 3 is 1.88 bits per heavy atom. The zero-order chi connectivity index (χ0) is 12.3. The maximum absolute atomic E-state index is 12.9. The molecule has 0 aliphatic carbocycles. The normalized spacial score (nSPS) is 9.53. The monoisotopic (exact) mass is 230 g/mol. The lowest BCUT2D eigenvalue weighted by molar-refractivity contribution is 0.475. The molecule has 1 nitrogen and oxygen atoms in total. The number of aromatic hydroxyl groups is 1. The van der Waals surface area contributed by atoms with Gasteiger partial charge in [0.05, 0.1) is 0 Å². The van der Waals surface area contributed by atoms with Gasteiger partial charge in [0.25, 0.3) is 0 Å². The molecule has 0 saturated heterocycles. The van der Waals surface area contributed by atoms with Crippen molar-refractivity contribution in [1.29, 1.82) is 0 Å². The maximum Gasteiger partial charge on any atom is 0.127 e. The predicted molar refractivity (Wildman–Crippen MR) is 60.4 cm³/mol. The van der Waals surface area contributed by atoms with Gasteiger partial charge in [-0.1, -0.05) is 11.8 Å². The molecule has 0 spiro atoms. The van der Waals surface area contributed by atoms with Crippen LogP contribution in [0.25, 0.3) is 0 Å². The molecule has 0 radical (unpaired) electrons. The quantitative estimate of drug-likeness (QED) is 0.689. The van der Waals surface area contributed by atoms with E-state index in [9.17, 15) is 8.78 Å². The first-order chi connectivity index (χ1) is 8.13. The van der Waals surface area contributed by atoms with E-state index in [1.165, 1.54) is 12.1 Å². The molecule has 0 atom stereocenters. The van der Waals surface area contributed by atoms with E-state index >= 15 is 0 Å². The van der Waals surface area contributed by atoms with E-state index in [2.05, 4.69) is 11.8 Å². The number of phenols is 1. The van der Waals surface area contributed by atoms with Gasteiger partial charge in [0, 0.05) is 17.2 Å². The molecule has 3 heteroatoms. The minimum absolute atomic E-state index is 0.146. The Bertz CT molecular complexity index is 572. The van der Waals surface area contributed by atoms with E-state index in [0.29, 0.717) is 5.56 Å².